The first-order valence-corrected chi connectivity index (χ1v) is 29.6. The van der Waals surface area contributed by atoms with Crippen molar-refractivity contribution in [2.45, 2.75) is 273 Å². The summed E-state index contributed by atoms with van der Waals surface area (Å²) in [7, 11) is 2.87. The summed E-state index contributed by atoms with van der Waals surface area (Å²) < 4.78 is 39.0. The molecule has 0 amide bonds. The Hall–Kier alpha value is -4.42. The van der Waals surface area contributed by atoms with Gasteiger partial charge in [-0.15, -0.1) is 0 Å². The van der Waals surface area contributed by atoms with Crippen molar-refractivity contribution < 1.29 is 61.9 Å². The predicted octanol–water partition coefficient (Wildman–Crippen LogP) is 15.4. The molecule has 1 heterocycles. The number of hydrogen-bond acceptors (Lipinski definition) is 13. The normalized spacial score (nSPS) is 13.0. The van der Waals surface area contributed by atoms with Crippen molar-refractivity contribution in [2.24, 2.45) is 11.8 Å². The highest BCUT2D eigenvalue weighted by Crippen LogP contribution is 2.43. The molecule has 2 atom stereocenters. The minimum Gasteiger partial charge on any atom is -0.496 e. The quantitative estimate of drug-likeness (QED) is 0.0199. The van der Waals surface area contributed by atoms with Gasteiger partial charge in [0.25, 0.3) is 0 Å². The molecule has 428 valence electrons. The smallest absolute Gasteiger partial charge is 0.342 e. The van der Waals surface area contributed by atoms with Crippen LogP contribution in [0.3, 0.4) is 0 Å². The van der Waals surface area contributed by atoms with E-state index in [1.165, 1.54) is 143 Å². The fraction of sp³-hybridized carbons (Fsp3) is 0.774. The first-order valence-electron chi connectivity index (χ1n) is 29.6. The van der Waals surface area contributed by atoms with Crippen LogP contribution >= 0.6 is 0 Å². The van der Waals surface area contributed by atoms with Gasteiger partial charge in [-0.1, -0.05) is 193 Å². The van der Waals surface area contributed by atoms with Crippen LogP contribution in [0.25, 0.3) is 0 Å². The van der Waals surface area contributed by atoms with Crippen molar-refractivity contribution in [1.82, 2.24) is 0 Å². The number of rotatable bonds is 46. The summed E-state index contributed by atoms with van der Waals surface area (Å²) in [6, 6.07) is 0. The third kappa shape index (κ3) is 29.6. The number of ether oxygens (including phenoxy) is 7. The fourth-order valence-electron chi connectivity index (χ4n) is 9.58. The molecule has 1 aliphatic heterocycles. The summed E-state index contributed by atoms with van der Waals surface area (Å²) in [6.07, 6.45) is 34.7. The molecule has 13 nitrogen and oxygen atoms in total. The van der Waals surface area contributed by atoms with Gasteiger partial charge in [0.2, 0.25) is 0 Å². The first-order chi connectivity index (χ1) is 36.3. The first kappa shape index (κ1) is 66.7. The maximum absolute atomic E-state index is 13.8. The van der Waals surface area contributed by atoms with Gasteiger partial charge in [-0.3, -0.25) is 24.0 Å². The summed E-state index contributed by atoms with van der Waals surface area (Å²) in [5, 5.41) is 0. The number of unbranched alkanes of at least 4 members (excludes halogenated alkanes) is 24. The highest BCUT2D eigenvalue weighted by Gasteiger charge is 2.35. The van der Waals surface area contributed by atoms with Crippen molar-refractivity contribution >= 4 is 35.8 Å². The van der Waals surface area contributed by atoms with Crippen molar-refractivity contribution in [2.75, 3.05) is 27.4 Å². The Morgan fingerprint density at radius 2 is 1.05 bits per heavy atom. The van der Waals surface area contributed by atoms with Gasteiger partial charge in [-0.05, 0) is 63.9 Å². The van der Waals surface area contributed by atoms with E-state index in [0.29, 0.717) is 36.1 Å². The molecule has 1 aromatic rings. The van der Waals surface area contributed by atoms with Crippen LogP contribution in [0.1, 0.15) is 274 Å². The van der Waals surface area contributed by atoms with Gasteiger partial charge < -0.3 is 33.2 Å². The summed E-state index contributed by atoms with van der Waals surface area (Å²) >= 11 is 0. The average molecular weight is 1060 g/mol. The van der Waals surface area contributed by atoms with Crippen LogP contribution in [0.5, 0.6) is 11.5 Å². The van der Waals surface area contributed by atoms with E-state index in [4.69, 9.17) is 33.2 Å². The molecule has 1 aromatic carbocycles. The third-order valence-corrected chi connectivity index (χ3v) is 14.6. The van der Waals surface area contributed by atoms with Crippen LogP contribution in [0, 0.1) is 18.8 Å². The van der Waals surface area contributed by atoms with E-state index in [9.17, 15) is 28.8 Å². The Morgan fingerprint density at radius 1 is 0.587 bits per heavy atom. The Morgan fingerprint density at radius 3 is 1.51 bits per heavy atom. The summed E-state index contributed by atoms with van der Waals surface area (Å²) in [4.78, 5) is 77.6. The molecule has 0 radical (unpaired) electrons. The van der Waals surface area contributed by atoms with E-state index in [-0.39, 0.29) is 87.1 Å². The molecule has 0 N–H and O–H groups in total. The van der Waals surface area contributed by atoms with Gasteiger partial charge in [0.05, 0.1) is 20.1 Å². The summed E-state index contributed by atoms with van der Waals surface area (Å²) in [6.45, 7) is 11.5. The number of benzene rings is 1. The van der Waals surface area contributed by atoms with Crippen LogP contribution < -0.4 is 9.47 Å². The lowest BCUT2D eigenvalue weighted by molar-refractivity contribution is -0.167. The Kier molecular flexibility index (Phi) is 37.1. The Bertz CT molecular complexity index is 1790. The van der Waals surface area contributed by atoms with Crippen LogP contribution in [0.4, 0.5) is 0 Å². The van der Waals surface area contributed by atoms with E-state index >= 15 is 0 Å². The largest absolute Gasteiger partial charge is 0.496 e. The second-order valence-corrected chi connectivity index (χ2v) is 21.4. The Balaban J connectivity index is 1.94. The summed E-state index contributed by atoms with van der Waals surface area (Å²) in [5.74, 6) is -2.94. The summed E-state index contributed by atoms with van der Waals surface area (Å²) in [5.41, 5.74) is 2.95. The van der Waals surface area contributed by atoms with Crippen LogP contribution in [-0.4, -0.2) is 69.4 Å². The molecular formula is C62H102O13. The maximum atomic E-state index is 13.8. The number of carbonyl (C=O) groups is 6. The number of methoxy groups -OCH3 is 2. The number of cyclic esters (lactones) is 1. The number of esters is 6. The lowest BCUT2D eigenvalue weighted by Crippen LogP contribution is -2.31. The molecule has 0 saturated heterocycles. The average Bonchev–Trinajstić information content (AvgIpc) is 3.79. The van der Waals surface area contributed by atoms with E-state index in [0.717, 1.165) is 49.7 Å². The third-order valence-electron chi connectivity index (χ3n) is 14.6. The molecule has 2 unspecified atom stereocenters. The van der Waals surface area contributed by atoms with Crippen molar-refractivity contribution in [3.63, 3.8) is 0 Å². The Labute approximate surface area is 453 Å². The van der Waals surface area contributed by atoms with Crippen molar-refractivity contribution in [3.8, 4) is 11.5 Å². The van der Waals surface area contributed by atoms with E-state index in [2.05, 4.69) is 13.8 Å². The van der Waals surface area contributed by atoms with Gasteiger partial charge in [-0.2, -0.15) is 0 Å². The molecular weight excluding hydrogens is 953 g/mol. The topological polar surface area (TPSA) is 167 Å². The molecule has 75 heavy (non-hydrogen) atoms. The predicted molar refractivity (Wildman–Crippen MR) is 296 cm³/mol. The van der Waals surface area contributed by atoms with Gasteiger partial charge in [0.1, 0.15) is 31.1 Å². The lowest BCUT2D eigenvalue weighted by atomic mass is 9.94. The van der Waals surface area contributed by atoms with Gasteiger partial charge in [0, 0.05) is 36.8 Å². The molecule has 0 saturated carbocycles. The molecule has 13 heteroatoms. The maximum Gasteiger partial charge on any atom is 0.342 e. The fourth-order valence-corrected chi connectivity index (χ4v) is 9.58. The van der Waals surface area contributed by atoms with E-state index < -0.39 is 29.9 Å². The van der Waals surface area contributed by atoms with Crippen LogP contribution in [-0.2, 0) is 60.7 Å². The van der Waals surface area contributed by atoms with Crippen LogP contribution in [0.15, 0.2) is 11.6 Å². The molecule has 0 spiro atoms. The van der Waals surface area contributed by atoms with Crippen molar-refractivity contribution in [1.29, 1.82) is 0 Å². The number of fused-ring (bicyclic) bond motifs is 1. The monoisotopic (exact) mass is 1050 g/mol. The molecule has 0 aromatic heterocycles. The minimum absolute atomic E-state index is 0.0262. The van der Waals surface area contributed by atoms with Gasteiger partial charge in [-0.25, -0.2) is 4.79 Å². The highest BCUT2D eigenvalue weighted by molar-refractivity contribution is 5.99. The highest BCUT2D eigenvalue weighted by atomic mass is 16.6. The molecule has 0 fully saturated rings. The van der Waals surface area contributed by atoms with Crippen LogP contribution in [0.2, 0.25) is 0 Å². The van der Waals surface area contributed by atoms with Gasteiger partial charge in [0.15, 0.2) is 11.9 Å². The van der Waals surface area contributed by atoms with E-state index in [1.54, 1.807) is 6.92 Å². The van der Waals surface area contributed by atoms with E-state index in [1.807, 2.05) is 26.8 Å². The van der Waals surface area contributed by atoms with Crippen molar-refractivity contribution in [3.05, 3.63) is 33.9 Å². The molecule has 2 rings (SSSR count). The zero-order valence-electron chi connectivity index (χ0n) is 48.3. The number of carbonyl (C=O) groups excluding carboxylic acids is 6. The number of allylic oxidation sites excluding steroid dienone is 2. The molecule has 1 aliphatic rings. The second-order valence-electron chi connectivity index (χ2n) is 21.4. The number of hydrogen-bond donors (Lipinski definition) is 0. The standard InChI is InChI=1S/C62H102O13/c1-9-11-13-15-17-19-21-23-25-27-29-31-33-35-55(64)71-44-51(45-72-56(65)36-34-32-30-28-26-24-22-20-18-16-14-12-10-2)74-57(66)43-48(4)37-40-49(5)61(67)75-60-52(41-38-47(3)39-42-54(63)69-7)59(70-8)50(6)53-46-73-62(68)58(53)60/h38,48-49,51H,9-37,39-46H2,1-8H3/b47-38+. The zero-order valence-corrected chi connectivity index (χ0v) is 48.3. The SMILES string of the molecule is CCCCCCCCCCCCCCCC(=O)OCC(COC(=O)CCCCCCCCCCCCCCC)OC(=O)CC(C)CCC(C)C(=O)Oc1c(C/C=C(\C)CCC(=O)OC)c(OC)c(C)c2c1C(=O)OC2. The minimum atomic E-state index is -0.953. The lowest BCUT2D eigenvalue weighted by Gasteiger charge is -2.21. The molecule has 0 aliphatic carbocycles. The molecule has 0 bridgehead atoms. The van der Waals surface area contributed by atoms with Gasteiger partial charge >= 0.3 is 35.8 Å². The zero-order chi connectivity index (χ0) is 55.1. The second kappa shape index (κ2) is 41.7.